The third kappa shape index (κ3) is 8.06. The van der Waals surface area contributed by atoms with Crippen molar-refractivity contribution in [1.29, 1.82) is 0 Å². The van der Waals surface area contributed by atoms with Gasteiger partial charge in [-0.2, -0.15) is 0 Å². The number of carbonyl (C=O) groups excluding carboxylic acids is 1. The molecule has 194 valence electrons. The van der Waals surface area contributed by atoms with Gasteiger partial charge in [-0.1, -0.05) is 94.6 Å². The van der Waals surface area contributed by atoms with E-state index in [1.54, 1.807) is 0 Å². The van der Waals surface area contributed by atoms with Crippen molar-refractivity contribution in [2.24, 2.45) is 17.6 Å². The number of nitrogens with two attached hydrogens (primary N) is 1. The highest BCUT2D eigenvalue weighted by atomic mass is 35.5. The summed E-state index contributed by atoms with van der Waals surface area (Å²) in [6, 6.07) is 17.4. The molecule has 0 spiro atoms. The third-order valence-electron chi connectivity index (χ3n) is 7.10. The lowest BCUT2D eigenvalue weighted by molar-refractivity contribution is -0.139. The van der Waals surface area contributed by atoms with Crippen molar-refractivity contribution in [2.75, 3.05) is 26.2 Å². The van der Waals surface area contributed by atoms with Gasteiger partial charge in [0.2, 0.25) is 5.91 Å². The first kappa shape index (κ1) is 29.4. The molecule has 2 N–H and O–H groups in total. The SMILES string of the molecule is CC.CCC(CCN)CC(=O)N1CCN(C(c2ccc(C)cc2)c2ccc(Cl)cc2)CC1C(C)C. The molecule has 5 heteroatoms. The Morgan fingerprint density at radius 3 is 2.11 bits per heavy atom. The molecule has 3 unspecified atom stereocenters. The molecule has 0 radical (unpaired) electrons. The van der Waals surface area contributed by atoms with Crippen molar-refractivity contribution in [1.82, 2.24) is 9.80 Å². The minimum absolute atomic E-state index is 0.141. The summed E-state index contributed by atoms with van der Waals surface area (Å²) in [4.78, 5) is 18.0. The topological polar surface area (TPSA) is 49.6 Å². The van der Waals surface area contributed by atoms with Crippen LogP contribution in [-0.4, -0.2) is 47.9 Å². The number of nitrogens with zero attached hydrogens (tertiary/aromatic N) is 2. The van der Waals surface area contributed by atoms with Gasteiger partial charge in [0.25, 0.3) is 0 Å². The fraction of sp³-hybridized carbons (Fsp3) is 0.567. The van der Waals surface area contributed by atoms with E-state index in [0.717, 1.165) is 37.5 Å². The van der Waals surface area contributed by atoms with Crippen molar-refractivity contribution in [2.45, 2.75) is 72.9 Å². The minimum Gasteiger partial charge on any atom is -0.337 e. The maximum atomic E-state index is 13.3. The van der Waals surface area contributed by atoms with Gasteiger partial charge in [-0.3, -0.25) is 9.69 Å². The van der Waals surface area contributed by atoms with Crippen LogP contribution in [0.3, 0.4) is 0 Å². The summed E-state index contributed by atoms with van der Waals surface area (Å²) in [6.45, 7) is 15.9. The van der Waals surface area contributed by atoms with E-state index >= 15 is 0 Å². The Balaban J connectivity index is 0.00000210. The first-order valence-corrected chi connectivity index (χ1v) is 13.8. The zero-order valence-corrected chi connectivity index (χ0v) is 23.4. The third-order valence-corrected chi connectivity index (χ3v) is 7.35. The highest BCUT2D eigenvalue weighted by molar-refractivity contribution is 6.30. The summed E-state index contributed by atoms with van der Waals surface area (Å²) in [7, 11) is 0. The summed E-state index contributed by atoms with van der Waals surface area (Å²) >= 11 is 6.20. The highest BCUT2D eigenvalue weighted by Crippen LogP contribution is 2.33. The smallest absolute Gasteiger partial charge is 0.223 e. The van der Waals surface area contributed by atoms with E-state index in [1.165, 1.54) is 16.7 Å². The van der Waals surface area contributed by atoms with Crippen molar-refractivity contribution < 1.29 is 4.79 Å². The van der Waals surface area contributed by atoms with Crippen molar-refractivity contribution in [3.05, 3.63) is 70.2 Å². The lowest BCUT2D eigenvalue weighted by atomic mass is 9.91. The van der Waals surface area contributed by atoms with Crippen LogP contribution in [0.2, 0.25) is 5.02 Å². The zero-order valence-electron chi connectivity index (χ0n) is 22.6. The van der Waals surface area contributed by atoms with Gasteiger partial charge in [0.15, 0.2) is 0 Å². The van der Waals surface area contributed by atoms with Crippen LogP contribution in [0.15, 0.2) is 48.5 Å². The Kier molecular flexibility index (Phi) is 12.3. The number of hydrogen-bond acceptors (Lipinski definition) is 3. The fourth-order valence-corrected chi connectivity index (χ4v) is 5.13. The van der Waals surface area contributed by atoms with Crippen LogP contribution in [0.1, 0.15) is 76.6 Å². The number of carbonyl (C=O) groups is 1. The van der Waals surface area contributed by atoms with Crippen molar-refractivity contribution in [3.63, 3.8) is 0 Å². The van der Waals surface area contributed by atoms with Gasteiger partial charge in [0.05, 0.1) is 6.04 Å². The van der Waals surface area contributed by atoms with E-state index in [2.05, 4.69) is 73.9 Å². The van der Waals surface area contributed by atoms with E-state index in [1.807, 2.05) is 26.0 Å². The van der Waals surface area contributed by atoms with Crippen LogP contribution in [0.25, 0.3) is 0 Å². The Bertz CT molecular complexity index is 836. The first-order valence-electron chi connectivity index (χ1n) is 13.4. The summed E-state index contributed by atoms with van der Waals surface area (Å²) in [6.07, 6.45) is 2.53. The lowest BCUT2D eigenvalue weighted by Gasteiger charge is -2.46. The maximum absolute atomic E-state index is 13.3. The lowest BCUT2D eigenvalue weighted by Crippen LogP contribution is -2.58. The molecule has 3 atom stereocenters. The molecule has 0 aromatic heterocycles. The number of rotatable bonds is 9. The number of benzene rings is 2. The van der Waals surface area contributed by atoms with Crippen molar-refractivity contribution in [3.8, 4) is 0 Å². The number of hydrogen-bond donors (Lipinski definition) is 1. The fourth-order valence-electron chi connectivity index (χ4n) is 5.01. The number of halogens is 1. The highest BCUT2D eigenvalue weighted by Gasteiger charge is 2.36. The number of piperazine rings is 1. The van der Waals surface area contributed by atoms with Crippen LogP contribution in [-0.2, 0) is 4.79 Å². The first-order chi connectivity index (χ1) is 16.8. The monoisotopic (exact) mass is 499 g/mol. The minimum atomic E-state index is 0.141. The van der Waals surface area contributed by atoms with Crippen LogP contribution in [0.5, 0.6) is 0 Å². The maximum Gasteiger partial charge on any atom is 0.223 e. The Hall–Kier alpha value is -1.88. The Morgan fingerprint density at radius 1 is 1.03 bits per heavy atom. The average Bonchev–Trinajstić information content (AvgIpc) is 2.87. The Morgan fingerprint density at radius 2 is 1.60 bits per heavy atom. The van der Waals surface area contributed by atoms with Crippen LogP contribution in [0, 0.1) is 18.8 Å². The molecule has 1 amide bonds. The quantitative estimate of drug-likeness (QED) is 0.417. The predicted octanol–water partition coefficient (Wildman–Crippen LogP) is 6.70. The van der Waals surface area contributed by atoms with Gasteiger partial charge >= 0.3 is 0 Å². The van der Waals surface area contributed by atoms with Gasteiger partial charge in [0.1, 0.15) is 0 Å². The second kappa shape index (κ2) is 14.6. The molecular formula is C30H46ClN3O. The second-order valence-electron chi connectivity index (χ2n) is 9.81. The largest absolute Gasteiger partial charge is 0.337 e. The van der Waals surface area contributed by atoms with E-state index < -0.39 is 0 Å². The van der Waals surface area contributed by atoms with Gasteiger partial charge in [-0.25, -0.2) is 0 Å². The molecule has 3 rings (SSSR count). The van der Waals surface area contributed by atoms with E-state index in [4.69, 9.17) is 17.3 Å². The van der Waals surface area contributed by atoms with Crippen LogP contribution >= 0.6 is 11.6 Å². The molecule has 2 aromatic carbocycles. The van der Waals surface area contributed by atoms with Crippen molar-refractivity contribution >= 4 is 17.5 Å². The number of amides is 1. The van der Waals surface area contributed by atoms with Gasteiger partial charge in [-0.05, 0) is 55.0 Å². The molecule has 4 nitrogen and oxygen atoms in total. The molecular weight excluding hydrogens is 454 g/mol. The predicted molar refractivity (Wildman–Crippen MR) is 150 cm³/mol. The van der Waals surface area contributed by atoms with E-state index in [0.29, 0.717) is 24.8 Å². The van der Waals surface area contributed by atoms with Gasteiger partial charge in [0, 0.05) is 37.1 Å². The molecule has 35 heavy (non-hydrogen) atoms. The van der Waals surface area contributed by atoms with E-state index in [-0.39, 0.29) is 18.0 Å². The standard InChI is InChI=1S/C28H40ClN3O.C2H6/c1-5-22(14-15-30)18-27(33)32-17-16-31(19-26(32)20(2)3)28(23-8-6-21(4)7-9-23)24-10-12-25(29)13-11-24;1-2/h6-13,20,22,26,28H,5,14-19,30H2,1-4H3;1-2H3. The summed E-state index contributed by atoms with van der Waals surface area (Å²) in [5.74, 6) is 1.05. The summed E-state index contributed by atoms with van der Waals surface area (Å²) in [5, 5.41) is 0.750. The normalized spacial score (nSPS) is 18.1. The second-order valence-corrected chi connectivity index (χ2v) is 10.3. The Labute approximate surface area is 218 Å². The molecule has 1 aliphatic rings. The molecule has 0 saturated carbocycles. The number of aryl methyl sites for hydroxylation is 1. The molecule has 2 aromatic rings. The summed E-state index contributed by atoms with van der Waals surface area (Å²) < 4.78 is 0. The zero-order chi connectivity index (χ0) is 26.0. The molecule has 1 saturated heterocycles. The summed E-state index contributed by atoms with van der Waals surface area (Å²) in [5.41, 5.74) is 9.54. The average molecular weight is 500 g/mol. The van der Waals surface area contributed by atoms with E-state index in [9.17, 15) is 4.79 Å². The van der Waals surface area contributed by atoms with Gasteiger partial charge < -0.3 is 10.6 Å². The molecule has 1 aliphatic heterocycles. The molecule has 0 bridgehead atoms. The van der Waals surface area contributed by atoms with Gasteiger partial charge in [-0.15, -0.1) is 0 Å². The molecule has 0 aliphatic carbocycles. The van der Waals surface area contributed by atoms with Crippen LogP contribution in [0.4, 0.5) is 0 Å². The molecule has 1 heterocycles. The molecule has 1 fully saturated rings. The van der Waals surface area contributed by atoms with Crippen LogP contribution < -0.4 is 5.73 Å².